The number of thiazole rings is 1. The number of nitrogens with zero attached hydrogens (tertiary/aromatic N) is 2. The third kappa shape index (κ3) is 3.13. The molecule has 0 aliphatic rings. The molecule has 0 spiro atoms. The lowest BCUT2D eigenvalue weighted by Gasteiger charge is -2.09. The summed E-state index contributed by atoms with van der Waals surface area (Å²) in [7, 11) is 0. The summed E-state index contributed by atoms with van der Waals surface area (Å²) in [6.07, 6.45) is 0. The molecular weight excluding hydrogens is 333 g/mol. The van der Waals surface area contributed by atoms with Crippen LogP contribution in [0.3, 0.4) is 0 Å². The van der Waals surface area contributed by atoms with Gasteiger partial charge in [0.1, 0.15) is 17.3 Å². The Morgan fingerprint density at radius 3 is 2.75 bits per heavy atom. The fourth-order valence-corrected chi connectivity index (χ4v) is 3.09. The minimum Gasteiger partial charge on any atom is -0.484 e. The average molecular weight is 347 g/mol. The molecule has 0 fully saturated rings. The molecule has 0 aliphatic heterocycles. The van der Waals surface area contributed by atoms with E-state index in [0.29, 0.717) is 16.4 Å². The van der Waals surface area contributed by atoms with Crippen molar-refractivity contribution in [3.8, 4) is 5.75 Å². The summed E-state index contributed by atoms with van der Waals surface area (Å²) in [4.78, 5) is 29.4. The molecule has 0 unspecified atom stereocenters. The zero-order valence-electron chi connectivity index (χ0n) is 13.0. The Hall–Kier alpha value is -2.74. The predicted molar refractivity (Wildman–Crippen MR) is 89.3 cm³/mol. The van der Waals surface area contributed by atoms with E-state index in [1.165, 1.54) is 40.0 Å². The number of halogens is 1. The zero-order valence-corrected chi connectivity index (χ0v) is 13.8. The number of aromatic nitrogens is 2. The first-order chi connectivity index (χ1) is 11.5. The number of hydrogen-bond donors (Lipinski definition) is 1. The Bertz CT molecular complexity index is 963. The van der Waals surface area contributed by atoms with Crippen LogP contribution in [0, 0.1) is 19.7 Å². The van der Waals surface area contributed by atoms with Gasteiger partial charge in [0.25, 0.3) is 11.5 Å². The second kappa shape index (κ2) is 6.40. The smallest absolute Gasteiger partial charge is 0.282 e. The minimum atomic E-state index is -0.492. The van der Waals surface area contributed by atoms with Crippen molar-refractivity contribution in [2.75, 3.05) is 11.9 Å². The summed E-state index contributed by atoms with van der Waals surface area (Å²) in [5.41, 5.74) is 0.996. The minimum absolute atomic E-state index is 0.127. The van der Waals surface area contributed by atoms with Crippen LogP contribution in [-0.4, -0.2) is 21.9 Å². The second-order valence-corrected chi connectivity index (χ2v) is 6.00. The van der Waals surface area contributed by atoms with Gasteiger partial charge >= 0.3 is 0 Å². The van der Waals surface area contributed by atoms with Crippen molar-refractivity contribution in [2.45, 2.75) is 13.8 Å². The van der Waals surface area contributed by atoms with Crippen molar-refractivity contribution in [1.82, 2.24) is 9.38 Å². The molecule has 0 saturated heterocycles. The lowest BCUT2D eigenvalue weighted by atomic mass is 10.3. The highest BCUT2D eigenvalue weighted by atomic mass is 32.1. The maximum atomic E-state index is 12.8. The van der Waals surface area contributed by atoms with Gasteiger partial charge < -0.3 is 10.1 Å². The van der Waals surface area contributed by atoms with Crippen LogP contribution in [0.15, 0.2) is 34.4 Å². The SMILES string of the molecule is Cc1nc2scc(C)n2c(=O)c1NC(=O)COc1ccc(F)cc1. The topological polar surface area (TPSA) is 72.7 Å². The molecule has 8 heteroatoms. The monoisotopic (exact) mass is 347 g/mol. The fourth-order valence-electron chi connectivity index (χ4n) is 2.18. The Morgan fingerprint density at radius 1 is 1.33 bits per heavy atom. The molecule has 1 amide bonds. The summed E-state index contributed by atoms with van der Waals surface area (Å²) in [5, 5.41) is 4.37. The van der Waals surface area contributed by atoms with Gasteiger partial charge in [-0.25, -0.2) is 9.37 Å². The van der Waals surface area contributed by atoms with E-state index in [9.17, 15) is 14.0 Å². The van der Waals surface area contributed by atoms with Crippen molar-refractivity contribution in [3.63, 3.8) is 0 Å². The van der Waals surface area contributed by atoms with Crippen LogP contribution < -0.4 is 15.6 Å². The molecule has 1 N–H and O–H groups in total. The van der Waals surface area contributed by atoms with Crippen LogP contribution in [-0.2, 0) is 4.79 Å². The second-order valence-electron chi connectivity index (χ2n) is 5.16. The molecule has 3 aromatic rings. The first-order valence-corrected chi connectivity index (χ1v) is 7.99. The molecule has 0 saturated carbocycles. The van der Waals surface area contributed by atoms with Gasteiger partial charge in [0.15, 0.2) is 11.6 Å². The number of ether oxygens (including phenoxy) is 1. The lowest BCUT2D eigenvalue weighted by Crippen LogP contribution is -2.28. The number of aryl methyl sites for hydroxylation is 2. The van der Waals surface area contributed by atoms with Gasteiger partial charge in [0.05, 0.1) is 5.69 Å². The van der Waals surface area contributed by atoms with E-state index in [1.807, 2.05) is 5.38 Å². The molecule has 0 aliphatic carbocycles. The van der Waals surface area contributed by atoms with Crippen LogP contribution in [0.25, 0.3) is 4.96 Å². The van der Waals surface area contributed by atoms with Gasteiger partial charge in [-0.1, -0.05) is 0 Å². The highest BCUT2D eigenvalue weighted by Crippen LogP contribution is 2.16. The van der Waals surface area contributed by atoms with E-state index >= 15 is 0 Å². The van der Waals surface area contributed by atoms with Gasteiger partial charge in [-0.2, -0.15) is 0 Å². The van der Waals surface area contributed by atoms with Crippen molar-refractivity contribution in [2.24, 2.45) is 0 Å². The van der Waals surface area contributed by atoms with Crippen molar-refractivity contribution >= 4 is 27.9 Å². The first kappa shape index (κ1) is 16.1. The van der Waals surface area contributed by atoms with Crippen LogP contribution in [0.4, 0.5) is 10.1 Å². The number of hydrogen-bond acceptors (Lipinski definition) is 5. The van der Waals surface area contributed by atoms with E-state index in [1.54, 1.807) is 13.8 Å². The van der Waals surface area contributed by atoms with Crippen LogP contribution in [0.5, 0.6) is 5.75 Å². The number of benzene rings is 1. The van der Waals surface area contributed by atoms with Crippen molar-refractivity contribution in [3.05, 3.63) is 57.2 Å². The highest BCUT2D eigenvalue weighted by molar-refractivity contribution is 7.15. The zero-order chi connectivity index (χ0) is 17.3. The van der Waals surface area contributed by atoms with E-state index in [-0.39, 0.29) is 23.7 Å². The number of nitrogens with one attached hydrogen (secondary N) is 1. The lowest BCUT2D eigenvalue weighted by molar-refractivity contribution is -0.118. The van der Waals surface area contributed by atoms with Gasteiger partial charge in [-0.05, 0) is 38.1 Å². The predicted octanol–water partition coefficient (Wildman–Crippen LogP) is 2.53. The highest BCUT2D eigenvalue weighted by Gasteiger charge is 2.15. The van der Waals surface area contributed by atoms with Crippen LogP contribution in [0.1, 0.15) is 11.4 Å². The number of rotatable bonds is 4. The largest absolute Gasteiger partial charge is 0.484 e. The number of carbonyl (C=O) groups excluding carboxylic acids is 1. The molecule has 24 heavy (non-hydrogen) atoms. The van der Waals surface area contributed by atoms with Gasteiger partial charge in [-0.3, -0.25) is 14.0 Å². The van der Waals surface area contributed by atoms with E-state index in [0.717, 1.165) is 5.69 Å². The number of amides is 1. The van der Waals surface area contributed by atoms with Crippen molar-refractivity contribution in [1.29, 1.82) is 0 Å². The maximum absolute atomic E-state index is 12.8. The quantitative estimate of drug-likeness (QED) is 0.787. The number of carbonyl (C=O) groups is 1. The molecule has 2 aromatic heterocycles. The number of anilines is 1. The summed E-state index contributed by atoms with van der Waals surface area (Å²) in [5.74, 6) is -0.516. The molecule has 0 bridgehead atoms. The molecule has 2 heterocycles. The normalized spacial score (nSPS) is 10.8. The van der Waals surface area contributed by atoms with E-state index in [2.05, 4.69) is 10.3 Å². The van der Waals surface area contributed by atoms with E-state index < -0.39 is 5.91 Å². The average Bonchev–Trinajstić information content (AvgIpc) is 2.91. The third-order valence-corrected chi connectivity index (χ3v) is 4.31. The first-order valence-electron chi connectivity index (χ1n) is 7.11. The molecule has 3 rings (SSSR count). The summed E-state index contributed by atoms with van der Waals surface area (Å²) in [6.45, 7) is 3.16. The molecule has 0 atom stereocenters. The molecular formula is C16H14FN3O3S. The van der Waals surface area contributed by atoms with E-state index in [4.69, 9.17) is 4.74 Å². The van der Waals surface area contributed by atoms with Crippen LogP contribution in [0.2, 0.25) is 0 Å². The van der Waals surface area contributed by atoms with Crippen LogP contribution >= 0.6 is 11.3 Å². The molecule has 124 valence electrons. The Balaban J connectivity index is 1.76. The summed E-state index contributed by atoms with van der Waals surface area (Å²) < 4.78 is 19.5. The Labute approximate surface area is 140 Å². The fraction of sp³-hybridized carbons (Fsp3) is 0.188. The van der Waals surface area contributed by atoms with Gasteiger partial charge in [-0.15, -0.1) is 11.3 Å². The third-order valence-electron chi connectivity index (χ3n) is 3.37. The van der Waals surface area contributed by atoms with Crippen molar-refractivity contribution < 1.29 is 13.9 Å². The molecule has 1 aromatic carbocycles. The summed E-state index contributed by atoms with van der Waals surface area (Å²) >= 11 is 1.36. The number of fused-ring (bicyclic) bond motifs is 1. The Morgan fingerprint density at radius 2 is 2.04 bits per heavy atom. The maximum Gasteiger partial charge on any atom is 0.282 e. The van der Waals surface area contributed by atoms with Gasteiger partial charge in [0.2, 0.25) is 0 Å². The Kier molecular flexibility index (Phi) is 4.30. The summed E-state index contributed by atoms with van der Waals surface area (Å²) in [6, 6.07) is 5.32. The standard InChI is InChI=1S/C16H14FN3O3S/c1-9-8-24-16-18-10(2)14(15(22)20(9)16)19-13(21)7-23-12-5-3-11(17)4-6-12/h3-6,8H,7H2,1-2H3,(H,19,21). The molecule has 6 nitrogen and oxygen atoms in total. The molecule has 0 radical (unpaired) electrons. The van der Waals surface area contributed by atoms with Gasteiger partial charge in [0, 0.05) is 11.1 Å².